The van der Waals surface area contributed by atoms with Crippen molar-refractivity contribution in [2.45, 2.75) is 45.8 Å². The Labute approximate surface area is 122 Å². The lowest BCUT2D eigenvalue weighted by Gasteiger charge is -2.46. The van der Waals surface area contributed by atoms with Gasteiger partial charge in [-0.25, -0.2) is 0 Å². The highest BCUT2D eigenvalue weighted by Gasteiger charge is 2.38. The van der Waals surface area contributed by atoms with Crippen LogP contribution in [0.3, 0.4) is 0 Å². The summed E-state index contributed by atoms with van der Waals surface area (Å²) in [4.78, 5) is 2.37. The van der Waals surface area contributed by atoms with Gasteiger partial charge in [-0.1, -0.05) is 36.2 Å². The summed E-state index contributed by atoms with van der Waals surface area (Å²) in [5.74, 6) is 0. The number of aliphatic hydroxyl groups excluding tert-OH is 1. The van der Waals surface area contributed by atoms with E-state index in [1.807, 2.05) is 0 Å². The minimum absolute atomic E-state index is 0.232. The van der Waals surface area contributed by atoms with E-state index in [0.717, 1.165) is 38.3 Å². The van der Waals surface area contributed by atoms with E-state index in [2.05, 4.69) is 50.8 Å². The Hall–Kier alpha value is -0.900. The summed E-state index contributed by atoms with van der Waals surface area (Å²) in [7, 11) is 0. The molecule has 0 saturated carbocycles. The molecule has 1 aromatic rings. The van der Waals surface area contributed by atoms with E-state index < -0.39 is 6.10 Å². The maximum atomic E-state index is 11.0. The molecule has 0 aliphatic carbocycles. The van der Waals surface area contributed by atoms with Crippen LogP contribution in [0.1, 0.15) is 43.1 Å². The van der Waals surface area contributed by atoms with Crippen molar-refractivity contribution in [3.63, 3.8) is 0 Å². The van der Waals surface area contributed by atoms with Crippen molar-refractivity contribution >= 4 is 0 Å². The topological polar surface area (TPSA) is 32.7 Å². The zero-order valence-corrected chi connectivity index (χ0v) is 13.1. The molecule has 1 N–H and O–H groups in total. The summed E-state index contributed by atoms with van der Waals surface area (Å²) in [5.41, 5.74) is 3.21. The Morgan fingerprint density at radius 1 is 1.20 bits per heavy atom. The second kappa shape index (κ2) is 6.25. The van der Waals surface area contributed by atoms with Gasteiger partial charge in [0.15, 0.2) is 0 Å². The zero-order valence-electron chi connectivity index (χ0n) is 13.1. The molecule has 0 spiro atoms. The molecular formula is C17H27NO2. The van der Waals surface area contributed by atoms with Crippen LogP contribution in [0.25, 0.3) is 0 Å². The summed E-state index contributed by atoms with van der Waals surface area (Å²) in [6.07, 6.45) is 0.449. The van der Waals surface area contributed by atoms with Gasteiger partial charge in [-0.3, -0.25) is 4.90 Å². The standard InChI is InChI=1S/C17H27NO2/c1-5-17(4,18-6-8-20-9-7-18)16(19)15-11-13(2)10-14(3)12-15/h10-12,16,19H,5-9H2,1-4H3. The Morgan fingerprint density at radius 2 is 1.75 bits per heavy atom. The fraction of sp³-hybridized carbons (Fsp3) is 0.647. The molecule has 1 heterocycles. The molecule has 2 atom stereocenters. The number of nitrogens with zero attached hydrogens (tertiary/aromatic N) is 1. The van der Waals surface area contributed by atoms with Crippen molar-refractivity contribution in [3.8, 4) is 0 Å². The first-order chi connectivity index (χ1) is 9.47. The lowest BCUT2D eigenvalue weighted by Crippen LogP contribution is -2.54. The molecule has 0 amide bonds. The van der Waals surface area contributed by atoms with Gasteiger partial charge in [-0.15, -0.1) is 0 Å². The monoisotopic (exact) mass is 277 g/mol. The molecule has 1 fully saturated rings. The Morgan fingerprint density at radius 3 is 2.25 bits per heavy atom. The van der Waals surface area contributed by atoms with Crippen LogP contribution in [0.15, 0.2) is 18.2 Å². The minimum atomic E-state index is -0.468. The third kappa shape index (κ3) is 3.05. The lowest BCUT2D eigenvalue weighted by molar-refractivity contribution is -0.0734. The first kappa shape index (κ1) is 15.5. The second-order valence-corrected chi connectivity index (χ2v) is 6.13. The van der Waals surface area contributed by atoms with Gasteiger partial charge in [-0.2, -0.15) is 0 Å². The molecular weight excluding hydrogens is 250 g/mol. The van der Waals surface area contributed by atoms with E-state index in [1.165, 1.54) is 11.1 Å². The van der Waals surface area contributed by atoms with Crippen molar-refractivity contribution in [3.05, 3.63) is 34.9 Å². The quantitative estimate of drug-likeness (QED) is 0.918. The van der Waals surface area contributed by atoms with Gasteiger partial charge < -0.3 is 9.84 Å². The van der Waals surface area contributed by atoms with Gasteiger partial charge in [0.25, 0.3) is 0 Å². The lowest BCUT2D eigenvalue weighted by atomic mass is 9.84. The summed E-state index contributed by atoms with van der Waals surface area (Å²) in [6.45, 7) is 11.8. The SMILES string of the molecule is CCC(C)(C(O)c1cc(C)cc(C)c1)N1CCOCC1. The number of ether oxygens (including phenoxy) is 1. The predicted octanol–water partition coefficient (Wildman–Crippen LogP) is 2.84. The van der Waals surface area contributed by atoms with Crippen molar-refractivity contribution < 1.29 is 9.84 Å². The number of hydrogen-bond acceptors (Lipinski definition) is 3. The van der Waals surface area contributed by atoms with E-state index in [-0.39, 0.29) is 5.54 Å². The van der Waals surface area contributed by atoms with Crippen LogP contribution in [-0.2, 0) is 4.74 Å². The highest BCUT2D eigenvalue weighted by Crippen LogP contribution is 2.35. The molecule has 0 aromatic heterocycles. The van der Waals surface area contributed by atoms with Gasteiger partial charge >= 0.3 is 0 Å². The van der Waals surface area contributed by atoms with Crippen LogP contribution in [0.2, 0.25) is 0 Å². The number of morpholine rings is 1. The number of benzene rings is 1. The molecule has 20 heavy (non-hydrogen) atoms. The molecule has 3 nitrogen and oxygen atoms in total. The van der Waals surface area contributed by atoms with Crippen LogP contribution < -0.4 is 0 Å². The number of aryl methyl sites for hydroxylation is 2. The van der Waals surface area contributed by atoms with Gasteiger partial charge in [-0.05, 0) is 32.8 Å². The van der Waals surface area contributed by atoms with Crippen molar-refractivity contribution in [1.82, 2.24) is 4.90 Å². The molecule has 2 unspecified atom stereocenters. The predicted molar refractivity (Wildman–Crippen MR) is 82.0 cm³/mol. The number of hydrogen-bond donors (Lipinski definition) is 1. The van der Waals surface area contributed by atoms with Crippen LogP contribution in [0.5, 0.6) is 0 Å². The smallest absolute Gasteiger partial charge is 0.0971 e. The Bertz CT molecular complexity index is 434. The van der Waals surface area contributed by atoms with Crippen molar-refractivity contribution in [2.75, 3.05) is 26.3 Å². The maximum Gasteiger partial charge on any atom is 0.0971 e. The van der Waals surface area contributed by atoms with Crippen LogP contribution >= 0.6 is 0 Å². The van der Waals surface area contributed by atoms with E-state index in [0.29, 0.717) is 0 Å². The maximum absolute atomic E-state index is 11.0. The molecule has 1 aliphatic heterocycles. The number of rotatable bonds is 4. The van der Waals surface area contributed by atoms with E-state index in [9.17, 15) is 5.11 Å². The first-order valence-electron chi connectivity index (χ1n) is 7.56. The molecule has 1 saturated heterocycles. The molecule has 112 valence electrons. The fourth-order valence-electron chi connectivity index (χ4n) is 3.19. The summed E-state index contributed by atoms with van der Waals surface area (Å²) in [5, 5.41) is 11.0. The first-order valence-corrected chi connectivity index (χ1v) is 7.56. The van der Waals surface area contributed by atoms with Crippen LogP contribution in [0.4, 0.5) is 0 Å². The Balaban J connectivity index is 2.29. The molecule has 0 bridgehead atoms. The Kier molecular flexibility index (Phi) is 4.84. The largest absolute Gasteiger partial charge is 0.386 e. The van der Waals surface area contributed by atoms with Crippen molar-refractivity contribution in [1.29, 1.82) is 0 Å². The highest BCUT2D eigenvalue weighted by atomic mass is 16.5. The average molecular weight is 277 g/mol. The summed E-state index contributed by atoms with van der Waals surface area (Å²) >= 11 is 0. The van der Waals surface area contributed by atoms with Crippen molar-refractivity contribution in [2.24, 2.45) is 0 Å². The average Bonchev–Trinajstić information content (AvgIpc) is 2.45. The van der Waals surface area contributed by atoms with Gasteiger partial charge in [0.05, 0.1) is 19.3 Å². The van der Waals surface area contributed by atoms with E-state index in [1.54, 1.807) is 0 Å². The third-order valence-electron chi connectivity index (χ3n) is 4.60. The van der Waals surface area contributed by atoms with E-state index >= 15 is 0 Å². The third-order valence-corrected chi connectivity index (χ3v) is 4.60. The van der Waals surface area contributed by atoms with Gasteiger partial charge in [0, 0.05) is 18.6 Å². The summed E-state index contributed by atoms with van der Waals surface area (Å²) in [6, 6.07) is 6.35. The minimum Gasteiger partial charge on any atom is -0.386 e. The van der Waals surface area contributed by atoms with Crippen LogP contribution in [-0.4, -0.2) is 41.8 Å². The second-order valence-electron chi connectivity index (χ2n) is 6.13. The van der Waals surface area contributed by atoms with Gasteiger partial charge in [0.2, 0.25) is 0 Å². The van der Waals surface area contributed by atoms with E-state index in [4.69, 9.17) is 4.74 Å². The van der Waals surface area contributed by atoms with Crippen LogP contribution in [0, 0.1) is 13.8 Å². The molecule has 1 aliphatic rings. The highest BCUT2D eigenvalue weighted by molar-refractivity contribution is 5.31. The fourth-order valence-corrected chi connectivity index (χ4v) is 3.19. The normalized spacial score (nSPS) is 21.4. The molecule has 0 radical (unpaired) electrons. The molecule has 2 rings (SSSR count). The summed E-state index contributed by atoms with van der Waals surface area (Å²) < 4.78 is 5.44. The molecule has 1 aromatic carbocycles. The zero-order chi connectivity index (χ0) is 14.8. The number of aliphatic hydroxyl groups is 1. The molecule has 3 heteroatoms. The van der Waals surface area contributed by atoms with Gasteiger partial charge in [0.1, 0.15) is 0 Å².